The van der Waals surface area contributed by atoms with Gasteiger partial charge in [-0.25, -0.2) is 0 Å². The van der Waals surface area contributed by atoms with Crippen molar-refractivity contribution < 1.29 is 8.85 Å². The Hall–Kier alpha value is 0.0969. The van der Waals surface area contributed by atoms with Gasteiger partial charge in [0.15, 0.2) is 0 Å². The van der Waals surface area contributed by atoms with Gasteiger partial charge in [-0.05, 0) is 26.7 Å². The van der Waals surface area contributed by atoms with Gasteiger partial charge < -0.3 is 14.6 Å². The minimum Gasteiger partial charge on any atom is -0.393 e. The summed E-state index contributed by atoms with van der Waals surface area (Å²) in [5.74, 6) is 0. The predicted octanol–water partition coefficient (Wildman–Crippen LogP) is 0.701. The van der Waals surface area contributed by atoms with E-state index >= 15 is 0 Å². The fourth-order valence-electron chi connectivity index (χ4n) is 0.620. The molecule has 0 aliphatic rings. The van der Waals surface area contributed by atoms with Crippen LogP contribution in [-0.2, 0) is 8.85 Å². The van der Waals surface area contributed by atoms with Crippen LogP contribution in [0.25, 0.3) is 0 Å². The van der Waals surface area contributed by atoms with Crippen molar-refractivity contribution in [2.75, 3.05) is 13.2 Å². The molecule has 0 saturated carbocycles. The van der Waals surface area contributed by atoms with Crippen molar-refractivity contribution in [3.05, 3.63) is 0 Å². The summed E-state index contributed by atoms with van der Waals surface area (Å²) >= 11 is 0. The second kappa shape index (κ2) is 8.20. The van der Waals surface area contributed by atoms with E-state index in [0.717, 1.165) is 26.1 Å². The van der Waals surface area contributed by atoms with Crippen LogP contribution in [0.15, 0.2) is 0 Å². The van der Waals surface area contributed by atoms with Gasteiger partial charge in [0.1, 0.15) is 0 Å². The van der Waals surface area contributed by atoms with Crippen LogP contribution in [0.3, 0.4) is 0 Å². The Labute approximate surface area is 71.3 Å². The normalized spacial score (nSPS) is 13.4. The number of nitrogens with two attached hydrogens (primary N) is 1. The fourth-order valence-corrected chi connectivity index (χ4v) is 1.05. The summed E-state index contributed by atoms with van der Waals surface area (Å²) in [6, 6.07) is 0.286. The maximum atomic E-state index is 5.55. The molecule has 0 fully saturated rings. The maximum absolute atomic E-state index is 5.55. The van der Waals surface area contributed by atoms with Crippen LogP contribution < -0.4 is 5.73 Å². The highest BCUT2D eigenvalue weighted by Gasteiger charge is 1.94. The molecule has 1 unspecified atom stereocenters. The zero-order valence-corrected chi connectivity index (χ0v) is 8.30. The summed E-state index contributed by atoms with van der Waals surface area (Å²) in [6.07, 6.45) is 2.05. The van der Waals surface area contributed by atoms with E-state index in [2.05, 4.69) is 0 Å². The van der Waals surface area contributed by atoms with E-state index in [9.17, 15) is 0 Å². The van der Waals surface area contributed by atoms with Crippen molar-refractivity contribution in [2.45, 2.75) is 32.7 Å². The molecule has 0 rings (SSSR count). The van der Waals surface area contributed by atoms with Crippen molar-refractivity contribution in [3.63, 3.8) is 0 Å². The van der Waals surface area contributed by atoms with Crippen LogP contribution in [0.5, 0.6) is 0 Å². The predicted molar refractivity (Wildman–Crippen MR) is 46.2 cm³/mol. The lowest BCUT2D eigenvalue weighted by Gasteiger charge is -2.04. The third kappa shape index (κ3) is 10.1. The van der Waals surface area contributed by atoms with Gasteiger partial charge in [-0.1, -0.05) is 0 Å². The molecule has 0 aliphatic carbocycles. The smallest absolute Gasteiger partial charge is 0.393 e. The second-order valence-corrected chi connectivity index (χ2v) is 3.23. The topological polar surface area (TPSA) is 44.5 Å². The molecule has 0 amide bonds. The van der Waals surface area contributed by atoms with Crippen LogP contribution in [0.2, 0.25) is 0 Å². The summed E-state index contributed by atoms with van der Waals surface area (Å²) in [5, 5.41) is 0. The summed E-state index contributed by atoms with van der Waals surface area (Å²) in [5.41, 5.74) is 5.55. The third-order valence-electron chi connectivity index (χ3n) is 1.17. The Morgan fingerprint density at radius 3 is 2.73 bits per heavy atom. The first kappa shape index (κ1) is 11.1. The highest BCUT2D eigenvalue weighted by molar-refractivity contribution is 6.17. The van der Waals surface area contributed by atoms with E-state index in [1.54, 1.807) is 0 Å². The van der Waals surface area contributed by atoms with Crippen LogP contribution in [0.4, 0.5) is 0 Å². The Morgan fingerprint density at radius 1 is 1.45 bits per heavy atom. The standard InChI is InChI=1S/C7H17NO2Si/c1-3-9-11-10-6-4-5-7(2)8/h7H,3-6,8H2,1-2H3. The molecule has 66 valence electrons. The molecule has 0 aromatic rings. The van der Waals surface area contributed by atoms with Gasteiger partial charge in [0.05, 0.1) is 0 Å². The lowest BCUT2D eigenvalue weighted by atomic mass is 10.2. The molecule has 2 radical (unpaired) electrons. The SMILES string of the molecule is CCO[Si]OCCCC(C)N. The molecule has 3 nitrogen and oxygen atoms in total. The Bertz CT molecular complexity index is 80.8. The van der Waals surface area contributed by atoms with Crippen LogP contribution in [0.1, 0.15) is 26.7 Å². The van der Waals surface area contributed by atoms with Gasteiger partial charge in [-0.15, -0.1) is 0 Å². The van der Waals surface area contributed by atoms with E-state index in [0.29, 0.717) is 0 Å². The van der Waals surface area contributed by atoms with Crippen LogP contribution in [0, 0.1) is 0 Å². The Morgan fingerprint density at radius 2 is 2.18 bits per heavy atom. The zero-order valence-electron chi connectivity index (χ0n) is 7.30. The minimum absolute atomic E-state index is 0.195. The molecule has 1 atom stereocenters. The summed E-state index contributed by atoms with van der Waals surface area (Å²) in [4.78, 5) is 0. The molecule has 0 heterocycles. The van der Waals surface area contributed by atoms with Crippen molar-refractivity contribution in [2.24, 2.45) is 5.73 Å². The molecule has 11 heavy (non-hydrogen) atoms. The molecule has 0 aliphatic heterocycles. The van der Waals surface area contributed by atoms with E-state index in [1.165, 1.54) is 0 Å². The van der Waals surface area contributed by atoms with Crippen molar-refractivity contribution >= 4 is 10.0 Å². The third-order valence-corrected chi connectivity index (χ3v) is 1.90. The first-order valence-electron chi connectivity index (χ1n) is 4.01. The Kier molecular flexibility index (Phi) is 8.27. The number of hydrogen-bond donors (Lipinski definition) is 1. The van der Waals surface area contributed by atoms with Gasteiger partial charge >= 0.3 is 10.0 Å². The second-order valence-electron chi connectivity index (χ2n) is 2.48. The largest absolute Gasteiger partial charge is 0.433 e. The van der Waals surface area contributed by atoms with Crippen molar-refractivity contribution in [1.82, 2.24) is 0 Å². The zero-order chi connectivity index (χ0) is 8.53. The van der Waals surface area contributed by atoms with E-state index < -0.39 is 0 Å². The van der Waals surface area contributed by atoms with Crippen LogP contribution >= 0.6 is 0 Å². The first-order valence-corrected chi connectivity index (χ1v) is 4.83. The molecule has 4 heteroatoms. The summed E-state index contributed by atoms with van der Waals surface area (Å²) < 4.78 is 10.2. The molecule has 0 bridgehead atoms. The molecule has 2 N–H and O–H groups in total. The van der Waals surface area contributed by atoms with E-state index in [1.807, 2.05) is 13.8 Å². The maximum Gasteiger partial charge on any atom is 0.433 e. The lowest BCUT2D eigenvalue weighted by molar-refractivity contribution is 0.225. The fraction of sp³-hybridized carbons (Fsp3) is 1.00. The highest BCUT2D eigenvalue weighted by Crippen LogP contribution is 1.92. The molecule has 0 aromatic carbocycles. The molecule has 0 spiro atoms. The van der Waals surface area contributed by atoms with E-state index in [-0.39, 0.29) is 16.0 Å². The first-order chi connectivity index (χ1) is 5.27. The summed E-state index contributed by atoms with van der Waals surface area (Å²) in [6.45, 7) is 5.45. The average Bonchev–Trinajstić information content (AvgIpc) is 1.96. The molecular weight excluding hydrogens is 158 g/mol. The van der Waals surface area contributed by atoms with Crippen molar-refractivity contribution in [1.29, 1.82) is 0 Å². The quantitative estimate of drug-likeness (QED) is 0.457. The molecular formula is C7H17NO2Si. The van der Waals surface area contributed by atoms with Gasteiger partial charge in [0, 0.05) is 19.3 Å². The average molecular weight is 175 g/mol. The molecule has 0 aromatic heterocycles. The van der Waals surface area contributed by atoms with Gasteiger partial charge in [0.2, 0.25) is 0 Å². The summed E-state index contributed by atoms with van der Waals surface area (Å²) in [7, 11) is 0.195. The monoisotopic (exact) mass is 175 g/mol. The van der Waals surface area contributed by atoms with Crippen molar-refractivity contribution in [3.8, 4) is 0 Å². The Balaban J connectivity index is 2.80. The van der Waals surface area contributed by atoms with Gasteiger partial charge in [0.25, 0.3) is 0 Å². The minimum atomic E-state index is 0.195. The molecule has 0 saturated heterocycles. The lowest BCUT2D eigenvalue weighted by Crippen LogP contribution is -2.15. The number of hydrogen-bond acceptors (Lipinski definition) is 3. The van der Waals surface area contributed by atoms with Crippen LogP contribution in [-0.4, -0.2) is 29.3 Å². The van der Waals surface area contributed by atoms with Gasteiger partial charge in [-0.2, -0.15) is 0 Å². The number of rotatable bonds is 7. The van der Waals surface area contributed by atoms with E-state index in [4.69, 9.17) is 14.6 Å². The van der Waals surface area contributed by atoms with Gasteiger partial charge in [-0.3, -0.25) is 0 Å². The highest BCUT2D eigenvalue weighted by atomic mass is 28.3.